The van der Waals surface area contributed by atoms with E-state index in [1.54, 1.807) is 12.1 Å². The molecule has 2 aliphatic rings. The number of aromatic hydroxyl groups is 1. The molecule has 0 saturated carbocycles. The summed E-state index contributed by atoms with van der Waals surface area (Å²) in [6.45, 7) is 9.17. The van der Waals surface area contributed by atoms with Gasteiger partial charge in [-0.15, -0.1) is 0 Å². The molecule has 0 radical (unpaired) electrons. The van der Waals surface area contributed by atoms with Crippen LogP contribution in [-0.2, 0) is 13.1 Å². The molecule has 2 N–H and O–H groups in total. The number of rotatable bonds is 5. The molecule has 6 heteroatoms. The Kier molecular flexibility index (Phi) is 6.97. The Morgan fingerprint density at radius 1 is 0.968 bits per heavy atom. The molecule has 2 aromatic carbocycles. The lowest BCUT2D eigenvalue weighted by Crippen LogP contribution is -2.51. The van der Waals surface area contributed by atoms with Crippen LogP contribution in [0.2, 0.25) is 0 Å². The zero-order valence-electron chi connectivity index (χ0n) is 18.5. The number of benzene rings is 2. The zero-order valence-corrected chi connectivity index (χ0v) is 18.5. The van der Waals surface area contributed by atoms with Crippen molar-refractivity contribution >= 4 is 11.7 Å². The number of likely N-dealkylation sites (tertiary alicyclic amines) is 1. The molecule has 166 valence electrons. The van der Waals surface area contributed by atoms with Crippen molar-refractivity contribution in [2.75, 3.05) is 44.2 Å². The molecule has 0 spiro atoms. The Balaban J connectivity index is 1.20. The monoisotopic (exact) mass is 422 g/mol. The number of hydrogen-bond acceptors (Lipinski definition) is 4. The molecule has 6 nitrogen and oxygen atoms in total. The van der Waals surface area contributed by atoms with Crippen molar-refractivity contribution in [2.45, 2.75) is 32.9 Å². The first-order valence-electron chi connectivity index (χ1n) is 11.4. The summed E-state index contributed by atoms with van der Waals surface area (Å²) in [6.07, 6.45) is 2.60. The lowest BCUT2D eigenvalue weighted by atomic mass is 9.99. The summed E-state index contributed by atoms with van der Waals surface area (Å²) in [5.41, 5.74) is 3.47. The number of urea groups is 1. The average Bonchev–Trinajstić information content (AvgIpc) is 2.80. The zero-order chi connectivity index (χ0) is 21.6. The fourth-order valence-electron chi connectivity index (χ4n) is 4.39. The summed E-state index contributed by atoms with van der Waals surface area (Å²) in [4.78, 5) is 19.2. The Morgan fingerprint density at radius 3 is 2.32 bits per heavy atom. The van der Waals surface area contributed by atoms with E-state index in [1.165, 1.54) is 31.5 Å². The predicted molar refractivity (Wildman–Crippen MR) is 124 cm³/mol. The van der Waals surface area contributed by atoms with Gasteiger partial charge in [0.2, 0.25) is 0 Å². The molecular formula is C25H34N4O2. The first-order valence-corrected chi connectivity index (χ1v) is 11.4. The Morgan fingerprint density at radius 2 is 1.65 bits per heavy atom. The molecule has 2 aromatic rings. The number of anilines is 1. The van der Waals surface area contributed by atoms with E-state index >= 15 is 0 Å². The SMILES string of the molecule is CC1CCN(Cc2ccc(CNC(=O)N3CCN(c4cccc(O)c4)CC3)cc2)CC1. The van der Waals surface area contributed by atoms with E-state index in [-0.39, 0.29) is 11.8 Å². The van der Waals surface area contributed by atoms with Gasteiger partial charge in [-0.25, -0.2) is 4.79 Å². The third-order valence-electron chi connectivity index (χ3n) is 6.51. The highest BCUT2D eigenvalue weighted by Gasteiger charge is 2.21. The number of piperazine rings is 1. The van der Waals surface area contributed by atoms with Crippen LogP contribution < -0.4 is 10.2 Å². The molecule has 4 rings (SSSR count). The van der Waals surface area contributed by atoms with Crippen LogP contribution in [0, 0.1) is 5.92 Å². The van der Waals surface area contributed by atoms with Gasteiger partial charge in [-0.1, -0.05) is 37.3 Å². The maximum atomic E-state index is 12.6. The maximum absolute atomic E-state index is 12.6. The molecule has 31 heavy (non-hydrogen) atoms. The number of nitrogens with one attached hydrogen (secondary N) is 1. The number of carbonyl (C=O) groups is 1. The first kappa shape index (κ1) is 21.5. The molecule has 0 unspecified atom stereocenters. The van der Waals surface area contributed by atoms with Crippen molar-refractivity contribution in [3.05, 3.63) is 59.7 Å². The second-order valence-corrected chi connectivity index (χ2v) is 8.93. The number of carbonyl (C=O) groups excluding carboxylic acids is 1. The minimum atomic E-state index is -0.0120. The minimum Gasteiger partial charge on any atom is -0.508 e. The molecule has 2 saturated heterocycles. The summed E-state index contributed by atoms with van der Waals surface area (Å²) >= 11 is 0. The van der Waals surface area contributed by atoms with Gasteiger partial charge in [-0.05, 0) is 55.1 Å². The Hall–Kier alpha value is -2.73. The van der Waals surface area contributed by atoms with Gasteiger partial charge < -0.3 is 20.2 Å². The number of nitrogens with zero attached hydrogens (tertiary/aromatic N) is 3. The van der Waals surface area contributed by atoms with E-state index in [4.69, 9.17) is 0 Å². The lowest BCUT2D eigenvalue weighted by molar-refractivity contribution is 0.185. The molecule has 0 aromatic heterocycles. The average molecular weight is 423 g/mol. The second kappa shape index (κ2) is 10.1. The highest BCUT2D eigenvalue weighted by Crippen LogP contribution is 2.21. The molecule has 0 atom stereocenters. The van der Waals surface area contributed by atoms with E-state index in [9.17, 15) is 9.90 Å². The number of piperidine rings is 1. The van der Waals surface area contributed by atoms with E-state index in [0.717, 1.165) is 36.8 Å². The number of hydrogen-bond donors (Lipinski definition) is 2. The van der Waals surface area contributed by atoms with Crippen molar-refractivity contribution in [2.24, 2.45) is 5.92 Å². The smallest absolute Gasteiger partial charge is 0.317 e. The quantitative estimate of drug-likeness (QED) is 0.772. The van der Waals surface area contributed by atoms with Crippen LogP contribution in [0.3, 0.4) is 0 Å². The number of phenolic OH excluding ortho intramolecular Hbond substituents is 1. The normalized spacial score (nSPS) is 18.2. The van der Waals surface area contributed by atoms with Crippen LogP contribution in [0.15, 0.2) is 48.5 Å². The van der Waals surface area contributed by atoms with Gasteiger partial charge in [-0.3, -0.25) is 4.90 Å². The summed E-state index contributed by atoms with van der Waals surface area (Å²) in [6, 6.07) is 15.9. The molecular weight excluding hydrogens is 388 g/mol. The number of phenols is 1. The highest BCUT2D eigenvalue weighted by molar-refractivity contribution is 5.74. The van der Waals surface area contributed by atoms with E-state index in [1.807, 2.05) is 17.0 Å². The number of amides is 2. The van der Waals surface area contributed by atoms with Crippen molar-refractivity contribution in [3.63, 3.8) is 0 Å². The second-order valence-electron chi connectivity index (χ2n) is 8.93. The van der Waals surface area contributed by atoms with Gasteiger partial charge >= 0.3 is 6.03 Å². The topological polar surface area (TPSA) is 59.1 Å². The van der Waals surface area contributed by atoms with Gasteiger partial charge in [0.05, 0.1) is 0 Å². The maximum Gasteiger partial charge on any atom is 0.317 e. The van der Waals surface area contributed by atoms with Crippen molar-refractivity contribution in [1.82, 2.24) is 15.1 Å². The first-order chi connectivity index (χ1) is 15.1. The van der Waals surface area contributed by atoms with Gasteiger partial charge in [0.25, 0.3) is 0 Å². The van der Waals surface area contributed by atoms with Gasteiger partial charge in [0.15, 0.2) is 0 Å². The molecule has 2 heterocycles. The van der Waals surface area contributed by atoms with Crippen molar-refractivity contribution < 1.29 is 9.90 Å². The van der Waals surface area contributed by atoms with Gasteiger partial charge in [0, 0.05) is 51.0 Å². The lowest BCUT2D eigenvalue weighted by Gasteiger charge is -2.36. The predicted octanol–water partition coefficient (Wildman–Crippen LogP) is 3.66. The van der Waals surface area contributed by atoms with E-state index in [2.05, 4.69) is 46.3 Å². The van der Waals surface area contributed by atoms with E-state index in [0.29, 0.717) is 19.6 Å². The van der Waals surface area contributed by atoms with Gasteiger partial charge in [0.1, 0.15) is 5.75 Å². The highest BCUT2D eigenvalue weighted by atomic mass is 16.3. The van der Waals surface area contributed by atoms with Crippen molar-refractivity contribution in [1.29, 1.82) is 0 Å². The van der Waals surface area contributed by atoms with Crippen LogP contribution in [0.25, 0.3) is 0 Å². The van der Waals surface area contributed by atoms with Crippen LogP contribution in [0.4, 0.5) is 10.5 Å². The molecule has 2 fully saturated rings. The third-order valence-corrected chi connectivity index (χ3v) is 6.51. The summed E-state index contributed by atoms with van der Waals surface area (Å²) in [5.74, 6) is 1.13. The minimum absolute atomic E-state index is 0.0120. The van der Waals surface area contributed by atoms with E-state index < -0.39 is 0 Å². The fourth-order valence-corrected chi connectivity index (χ4v) is 4.39. The van der Waals surface area contributed by atoms with Crippen LogP contribution in [0.5, 0.6) is 5.75 Å². The third kappa shape index (κ3) is 5.91. The van der Waals surface area contributed by atoms with Gasteiger partial charge in [-0.2, -0.15) is 0 Å². The van der Waals surface area contributed by atoms with Crippen LogP contribution in [0.1, 0.15) is 30.9 Å². The largest absolute Gasteiger partial charge is 0.508 e. The van der Waals surface area contributed by atoms with Crippen molar-refractivity contribution in [3.8, 4) is 5.75 Å². The van der Waals surface area contributed by atoms with Crippen LogP contribution >= 0.6 is 0 Å². The Labute approximate surface area is 185 Å². The summed E-state index contributed by atoms with van der Waals surface area (Å²) in [5, 5.41) is 12.7. The van der Waals surface area contributed by atoms with Crippen LogP contribution in [-0.4, -0.2) is 60.2 Å². The Bertz CT molecular complexity index is 854. The molecule has 2 aliphatic heterocycles. The molecule has 0 bridgehead atoms. The summed E-state index contributed by atoms with van der Waals surface area (Å²) < 4.78 is 0. The molecule has 2 amide bonds. The standard InChI is InChI=1S/C25H34N4O2/c1-20-9-11-27(12-10-20)19-22-7-5-21(6-8-22)18-26-25(31)29-15-13-28(14-16-29)23-3-2-4-24(30)17-23/h2-8,17,20,30H,9-16,18-19H2,1H3,(H,26,31). The molecule has 0 aliphatic carbocycles. The summed E-state index contributed by atoms with van der Waals surface area (Å²) in [7, 11) is 0. The fraction of sp³-hybridized carbons (Fsp3) is 0.480.